The molecule has 1 saturated carbocycles. The number of thioether (sulfide) groups is 1. The highest BCUT2D eigenvalue weighted by Crippen LogP contribution is 2.18. The molecular formula is C12H18N4O2S. The van der Waals surface area contributed by atoms with Crippen molar-refractivity contribution in [2.45, 2.75) is 24.0 Å². The van der Waals surface area contributed by atoms with E-state index in [-0.39, 0.29) is 24.1 Å². The number of carbonyl (C=O) groups is 2. The second kappa shape index (κ2) is 6.10. The molecule has 0 radical (unpaired) electrons. The molecule has 1 heterocycles. The Bertz CT molecular complexity index is 470. The van der Waals surface area contributed by atoms with Crippen molar-refractivity contribution in [1.82, 2.24) is 19.8 Å². The first-order chi connectivity index (χ1) is 9.06. The molecule has 19 heavy (non-hydrogen) atoms. The maximum absolute atomic E-state index is 11.9. The minimum Gasteiger partial charge on any atom is -0.352 e. The van der Waals surface area contributed by atoms with Crippen molar-refractivity contribution in [2.75, 3.05) is 19.3 Å². The van der Waals surface area contributed by atoms with Gasteiger partial charge in [0.05, 0.1) is 12.3 Å². The average Bonchev–Trinajstić information content (AvgIpc) is 3.07. The van der Waals surface area contributed by atoms with E-state index in [4.69, 9.17) is 0 Å². The van der Waals surface area contributed by atoms with Crippen molar-refractivity contribution in [3.05, 3.63) is 12.4 Å². The number of imidazole rings is 1. The van der Waals surface area contributed by atoms with E-state index < -0.39 is 0 Å². The Kier molecular flexibility index (Phi) is 4.47. The van der Waals surface area contributed by atoms with Crippen molar-refractivity contribution in [3.63, 3.8) is 0 Å². The Labute approximate surface area is 116 Å². The van der Waals surface area contributed by atoms with Crippen LogP contribution in [0.3, 0.4) is 0 Å². The summed E-state index contributed by atoms with van der Waals surface area (Å²) in [6.45, 7) is 0.121. The van der Waals surface area contributed by atoms with Gasteiger partial charge < -0.3 is 14.8 Å². The zero-order valence-electron chi connectivity index (χ0n) is 11.1. The van der Waals surface area contributed by atoms with Crippen LogP contribution in [0.1, 0.15) is 12.8 Å². The Hall–Kier alpha value is -1.50. The van der Waals surface area contributed by atoms with Gasteiger partial charge in [0, 0.05) is 32.5 Å². The molecule has 104 valence electrons. The third kappa shape index (κ3) is 4.27. The average molecular weight is 282 g/mol. The highest BCUT2D eigenvalue weighted by molar-refractivity contribution is 7.99. The summed E-state index contributed by atoms with van der Waals surface area (Å²) in [4.78, 5) is 29.0. The second-order valence-corrected chi connectivity index (χ2v) is 5.64. The number of nitrogens with one attached hydrogen (secondary N) is 1. The standard InChI is InChI=1S/C12H18N4O2S/c1-15-6-5-13-12(15)19-8-11(18)16(2)7-10(17)14-9-3-4-9/h5-6,9H,3-4,7-8H2,1-2H3,(H,14,17). The summed E-state index contributed by atoms with van der Waals surface area (Å²) in [5.74, 6) is 0.136. The largest absolute Gasteiger partial charge is 0.352 e. The van der Waals surface area contributed by atoms with E-state index in [9.17, 15) is 9.59 Å². The molecule has 0 spiro atoms. The lowest BCUT2D eigenvalue weighted by molar-refractivity contribution is -0.132. The van der Waals surface area contributed by atoms with Crippen LogP contribution in [0.25, 0.3) is 0 Å². The molecule has 7 heteroatoms. The lowest BCUT2D eigenvalue weighted by Crippen LogP contribution is -2.39. The lowest BCUT2D eigenvalue weighted by Gasteiger charge is -2.16. The first-order valence-electron chi connectivity index (χ1n) is 6.19. The van der Waals surface area contributed by atoms with Gasteiger partial charge in [0.2, 0.25) is 11.8 Å². The van der Waals surface area contributed by atoms with Crippen LogP contribution >= 0.6 is 11.8 Å². The summed E-state index contributed by atoms with van der Waals surface area (Å²) in [6.07, 6.45) is 5.63. The summed E-state index contributed by atoms with van der Waals surface area (Å²) < 4.78 is 1.86. The van der Waals surface area contributed by atoms with Crippen molar-refractivity contribution in [3.8, 4) is 0 Å². The van der Waals surface area contributed by atoms with Gasteiger partial charge in [-0.15, -0.1) is 0 Å². The molecule has 0 aromatic carbocycles. The van der Waals surface area contributed by atoms with Gasteiger partial charge in [0.15, 0.2) is 5.16 Å². The van der Waals surface area contributed by atoms with Gasteiger partial charge >= 0.3 is 0 Å². The van der Waals surface area contributed by atoms with E-state index in [0.29, 0.717) is 6.04 Å². The molecule has 2 rings (SSSR count). The molecule has 1 N–H and O–H groups in total. The fourth-order valence-electron chi connectivity index (χ4n) is 1.53. The fraction of sp³-hybridized carbons (Fsp3) is 0.583. The first-order valence-corrected chi connectivity index (χ1v) is 7.18. The number of nitrogens with zero attached hydrogens (tertiary/aromatic N) is 3. The minimum absolute atomic E-state index is 0.0704. The zero-order valence-corrected chi connectivity index (χ0v) is 11.9. The quantitative estimate of drug-likeness (QED) is 0.760. The molecule has 0 saturated heterocycles. The number of aromatic nitrogens is 2. The van der Waals surface area contributed by atoms with Gasteiger partial charge in [-0.3, -0.25) is 9.59 Å². The number of hydrogen-bond acceptors (Lipinski definition) is 4. The van der Waals surface area contributed by atoms with Gasteiger partial charge in [-0.2, -0.15) is 0 Å². The van der Waals surface area contributed by atoms with E-state index >= 15 is 0 Å². The van der Waals surface area contributed by atoms with Gasteiger partial charge in [-0.25, -0.2) is 4.98 Å². The maximum Gasteiger partial charge on any atom is 0.239 e. The Morgan fingerprint density at radius 3 is 2.89 bits per heavy atom. The van der Waals surface area contributed by atoms with Crippen LogP contribution in [0.15, 0.2) is 17.6 Å². The highest BCUT2D eigenvalue weighted by atomic mass is 32.2. The molecule has 1 aromatic rings. The number of amides is 2. The molecule has 0 aliphatic heterocycles. The molecule has 6 nitrogen and oxygen atoms in total. The van der Waals surface area contributed by atoms with Crippen LogP contribution in [0.4, 0.5) is 0 Å². The summed E-state index contributed by atoms with van der Waals surface area (Å²) >= 11 is 1.37. The summed E-state index contributed by atoms with van der Waals surface area (Å²) in [6, 6.07) is 0.331. The highest BCUT2D eigenvalue weighted by Gasteiger charge is 2.24. The molecule has 0 bridgehead atoms. The maximum atomic E-state index is 11.9. The number of rotatable bonds is 6. The van der Waals surface area contributed by atoms with Crippen LogP contribution in [-0.2, 0) is 16.6 Å². The SMILES string of the molecule is CN(CC(=O)NC1CC1)C(=O)CSc1nccn1C. The van der Waals surface area contributed by atoms with E-state index in [0.717, 1.165) is 18.0 Å². The van der Waals surface area contributed by atoms with Crippen LogP contribution in [0, 0.1) is 0 Å². The van der Waals surface area contributed by atoms with Gasteiger partial charge in [0.25, 0.3) is 0 Å². The van der Waals surface area contributed by atoms with Crippen LogP contribution in [0.5, 0.6) is 0 Å². The Morgan fingerprint density at radius 2 is 2.32 bits per heavy atom. The number of carbonyl (C=O) groups excluding carboxylic acids is 2. The molecular weight excluding hydrogens is 264 g/mol. The fourth-order valence-corrected chi connectivity index (χ4v) is 2.40. The minimum atomic E-state index is -0.0830. The number of hydrogen-bond donors (Lipinski definition) is 1. The summed E-state index contributed by atoms with van der Waals surface area (Å²) in [5, 5.41) is 3.66. The number of likely N-dealkylation sites (N-methyl/N-ethyl adjacent to an activating group) is 1. The molecule has 1 aliphatic rings. The van der Waals surface area contributed by atoms with Crippen molar-refractivity contribution >= 4 is 23.6 Å². The van der Waals surface area contributed by atoms with Gasteiger partial charge in [0.1, 0.15) is 0 Å². The molecule has 1 aliphatic carbocycles. The first kappa shape index (κ1) is 13.9. The number of aryl methyl sites for hydroxylation is 1. The van der Waals surface area contributed by atoms with Crippen molar-refractivity contribution in [1.29, 1.82) is 0 Å². The predicted molar refractivity (Wildman–Crippen MR) is 72.7 cm³/mol. The Balaban J connectivity index is 1.72. The lowest BCUT2D eigenvalue weighted by atomic mass is 10.5. The third-order valence-electron chi connectivity index (χ3n) is 2.85. The predicted octanol–water partition coefficient (Wildman–Crippen LogP) is 0.249. The topological polar surface area (TPSA) is 67.2 Å². The molecule has 1 aromatic heterocycles. The van der Waals surface area contributed by atoms with Crippen molar-refractivity contribution < 1.29 is 9.59 Å². The van der Waals surface area contributed by atoms with Gasteiger partial charge in [-0.1, -0.05) is 11.8 Å². The Morgan fingerprint density at radius 1 is 1.58 bits per heavy atom. The van der Waals surface area contributed by atoms with E-state index in [1.54, 1.807) is 13.2 Å². The molecule has 1 fully saturated rings. The molecule has 0 atom stereocenters. The summed E-state index contributed by atoms with van der Waals surface area (Å²) in [5.41, 5.74) is 0. The summed E-state index contributed by atoms with van der Waals surface area (Å²) in [7, 11) is 3.53. The third-order valence-corrected chi connectivity index (χ3v) is 3.89. The van der Waals surface area contributed by atoms with E-state index in [2.05, 4.69) is 10.3 Å². The molecule has 2 amide bonds. The van der Waals surface area contributed by atoms with E-state index in [1.807, 2.05) is 17.8 Å². The second-order valence-electron chi connectivity index (χ2n) is 4.70. The van der Waals surface area contributed by atoms with E-state index in [1.165, 1.54) is 16.7 Å². The van der Waals surface area contributed by atoms with Crippen LogP contribution < -0.4 is 5.32 Å². The normalized spacial score (nSPS) is 14.2. The van der Waals surface area contributed by atoms with Crippen LogP contribution in [0.2, 0.25) is 0 Å². The zero-order chi connectivity index (χ0) is 13.8. The van der Waals surface area contributed by atoms with Gasteiger partial charge in [-0.05, 0) is 12.8 Å². The van der Waals surface area contributed by atoms with Crippen LogP contribution in [-0.4, -0.2) is 51.7 Å². The monoisotopic (exact) mass is 282 g/mol. The van der Waals surface area contributed by atoms with Crippen molar-refractivity contribution in [2.24, 2.45) is 7.05 Å². The smallest absolute Gasteiger partial charge is 0.239 e. The molecule has 0 unspecified atom stereocenters.